The number of aliphatic carboxylic acids is 1. The second-order valence-electron chi connectivity index (χ2n) is 6.32. The number of carbonyl (C=O) groups is 1. The smallest absolute Gasteiger partial charge is 0.307 e. The van der Waals surface area contributed by atoms with E-state index in [9.17, 15) is 9.90 Å². The molecule has 1 heterocycles. The number of hydrogen-bond donors (Lipinski definition) is 2. The summed E-state index contributed by atoms with van der Waals surface area (Å²) in [6, 6.07) is 10.0. The van der Waals surface area contributed by atoms with Crippen molar-refractivity contribution in [3.8, 4) is 5.69 Å². The molecule has 5 heteroatoms. The summed E-state index contributed by atoms with van der Waals surface area (Å²) in [5.41, 5.74) is 3.22. The summed E-state index contributed by atoms with van der Waals surface area (Å²) in [5, 5.41) is 16.9. The molecule has 1 aromatic heterocycles. The minimum atomic E-state index is -0.737. The van der Waals surface area contributed by atoms with Gasteiger partial charge in [0.2, 0.25) is 0 Å². The van der Waals surface area contributed by atoms with Crippen LogP contribution in [-0.4, -0.2) is 27.4 Å². The molecule has 0 aliphatic heterocycles. The third-order valence-corrected chi connectivity index (χ3v) is 3.87. The topological polar surface area (TPSA) is 67.2 Å². The molecule has 0 aliphatic carbocycles. The van der Waals surface area contributed by atoms with Gasteiger partial charge in [-0.3, -0.25) is 4.79 Å². The van der Waals surface area contributed by atoms with Crippen LogP contribution < -0.4 is 5.32 Å². The fourth-order valence-corrected chi connectivity index (χ4v) is 2.70. The Balaban J connectivity index is 2.01. The molecule has 0 saturated carbocycles. The summed E-state index contributed by atoms with van der Waals surface area (Å²) in [6.07, 6.45) is 2.45. The highest BCUT2D eigenvalue weighted by Crippen LogP contribution is 2.15. The molecule has 1 atom stereocenters. The first kappa shape index (κ1) is 17.2. The van der Waals surface area contributed by atoms with Crippen LogP contribution in [0.5, 0.6) is 0 Å². The van der Waals surface area contributed by atoms with Crippen LogP contribution in [-0.2, 0) is 11.3 Å². The van der Waals surface area contributed by atoms with E-state index in [1.165, 1.54) is 0 Å². The van der Waals surface area contributed by atoms with Gasteiger partial charge >= 0.3 is 5.97 Å². The van der Waals surface area contributed by atoms with Crippen molar-refractivity contribution in [1.82, 2.24) is 15.1 Å². The van der Waals surface area contributed by atoms with Gasteiger partial charge in [0.1, 0.15) is 0 Å². The van der Waals surface area contributed by atoms with Crippen molar-refractivity contribution in [2.24, 2.45) is 11.8 Å². The van der Waals surface area contributed by atoms with E-state index < -0.39 is 5.97 Å². The predicted octanol–water partition coefficient (Wildman–Crippen LogP) is 3.02. The van der Waals surface area contributed by atoms with Gasteiger partial charge < -0.3 is 10.4 Å². The van der Waals surface area contributed by atoms with Crippen molar-refractivity contribution in [1.29, 1.82) is 0 Å². The van der Waals surface area contributed by atoms with E-state index in [4.69, 9.17) is 0 Å². The van der Waals surface area contributed by atoms with Crippen molar-refractivity contribution in [3.63, 3.8) is 0 Å². The molecular weight excluding hydrogens is 290 g/mol. The molecule has 0 aliphatic rings. The van der Waals surface area contributed by atoms with Gasteiger partial charge in [-0.2, -0.15) is 5.10 Å². The van der Waals surface area contributed by atoms with Crippen molar-refractivity contribution >= 4 is 5.97 Å². The summed E-state index contributed by atoms with van der Waals surface area (Å²) in [6.45, 7) is 7.20. The second kappa shape index (κ2) is 7.92. The van der Waals surface area contributed by atoms with Gasteiger partial charge in [0.25, 0.3) is 0 Å². The number of aromatic nitrogens is 2. The molecule has 0 spiro atoms. The lowest BCUT2D eigenvalue weighted by atomic mass is 9.97. The molecule has 0 radical (unpaired) electrons. The Morgan fingerprint density at radius 1 is 1.30 bits per heavy atom. The van der Waals surface area contributed by atoms with E-state index in [0.29, 0.717) is 25.4 Å². The minimum Gasteiger partial charge on any atom is -0.481 e. The van der Waals surface area contributed by atoms with Gasteiger partial charge in [0.05, 0.1) is 17.3 Å². The van der Waals surface area contributed by atoms with Crippen molar-refractivity contribution < 1.29 is 9.90 Å². The largest absolute Gasteiger partial charge is 0.481 e. The third kappa shape index (κ3) is 4.66. The van der Waals surface area contributed by atoms with Gasteiger partial charge in [-0.1, -0.05) is 32.0 Å². The molecule has 2 rings (SSSR count). The van der Waals surface area contributed by atoms with Crippen LogP contribution in [0.25, 0.3) is 5.69 Å². The van der Waals surface area contributed by atoms with Crippen molar-refractivity contribution in [2.45, 2.75) is 33.7 Å². The molecule has 1 unspecified atom stereocenters. The normalized spacial score (nSPS) is 12.5. The third-order valence-electron chi connectivity index (χ3n) is 3.87. The van der Waals surface area contributed by atoms with Crippen LogP contribution in [0.2, 0.25) is 0 Å². The van der Waals surface area contributed by atoms with E-state index in [1.54, 1.807) is 6.20 Å². The van der Waals surface area contributed by atoms with Crippen molar-refractivity contribution in [2.75, 3.05) is 6.54 Å². The summed E-state index contributed by atoms with van der Waals surface area (Å²) in [4.78, 5) is 11.3. The average molecular weight is 315 g/mol. The number of carboxylic acid groups (broad SMARTS) is 1. The van der Waals surface area contributed by atoms with Crippen molar-refractivity contribution in [3.05, 3.63) is 47.8 Å². The Morgan fingerprint density at radius 3 is 2.70 bits per heavy atom. The number of para-hydroxylation sites is 1. The highest BCUT2D eigenvalue weighted by Gasteiger charge is 2.18. The first-order valence-electron chi connectivity index (χ1n) is 8.01. The fraction of sp³-hybridized carbons (Fsp3) is 0.444. The van der Waals surface area contributed by atoms with Crippen LogP contribution in [0.15, 0.2) is 36.5 Å². The average Bonchev–Trinajstić information content (AvgIpc) is 2.94. The standard InChI is InChI=1S/C18H25N3O2/c1-13(2)10-15(18(22)23)11-19-12-16-8-9-20-21(16)17-7-5-4-6-14(17)3/h4-9,13,15,19H,10-12H2,1-3H3,(H,22,23). The molecule has 0 fully saturated rings. The van der Waals surface area contributed by atoms with Gasteiger partial charge in [-0.15, -0.1) is 0 Å². The zero-order chi connectivity index (χ0) is 16.8. The van der Waals surface area contributed by atoms with Gasteiger partial charge in [-0.25, -0.2) is 4.68 Å². The van der Waals surface area contributed by atoms with Crippen LogP contribution in [0, 0.1) is 18.8 Å². The molecule has 1 aromatic carbocycles. The molecular formula is C18H25N3O2. The maximum Gasteiger partial charge on any atom is 0.307 e. The Bertz CT molecular complexity index is 649. The Kier molecular flexibility index (Phi) is 5.93. The highest BCUT2D eigenvalue weighted by molar-refractivity contribution is 5.70. The number of nitrogens with zero attached hydrogens (tertiary/aromatic N) is 2. The Morgan fingerprint density at radius 2 is 2.04 bits per heavy atom. The van der Waals surface area contributed by atoms with Crippen LogP contribution in [0.4, 0.5) is 0 Å². The molecule has 0 amide bonds. The maximum absolute atomic E-state index is 11.3. The molecule has 2 N–H and O–H groups in total. The monoisotopic (exact) mass is 315 g/mol. The molecule has 5 nitrogen and oxygen atoms in total. The number of carboxylic acids is 1. The number of aryl methyl sites for hydroxylation is 1. The van der Waals surface area contributed by atoms with Gasteiger partial charge in [0, 0.05) is 19.3 Å². The van der Waals surface area contributed by atoms with Gasteiger partial charge in [-0.05, 0) is 37.0 Å². The van der Waals surface area contributed by atoms with Crippen LogP contribution in [0.1, 0.15) is 31.5 Å². The summed E-state index contributed by atoms with van der Waals surface area (Å²) in [7, 11) is 0. The quantitative estimate of drug-likeness (QED) is 0.786. The molecule has 0 bridgehead atoms. The lowest BCUT2D eigenvalue weighted by Gasteiger charge is -2.16. The summed E-state index contributed by atoms with van der Waals surface area (Å²) in [5.74, 6) is -0.723. The SMILES string of the molecule is Cc1ccccc1-n1nccc1CNCC(CC(C)C)C(=O)O. The predicted molar refractivity (Wildman–Crippen MR) is 90.6 cm³/mol. The lowest BCUT2D eigenvalue weighted by molar-refractivity contribution is -0.142. The Hall–Kier alpha value is -2.14. The molecule has 2 aromatic rings. The number of benzene rings is 1. The first-order chi connectivity index (χ1) is 11.0. The summed E-state index contributed by atoms with van der Waals surface area (Å²) < 4.78 is 1.90. The molecule has 0 saturated heterocycles. The van der Waals surface area contributed by atoms with E-state index in [0.717, 1.165) is 16.9 Å². The van der Waals surface area contributed by atoms with Crippen LogP contribution >= 0.6 is 0 Å². The second-order valence-corrected chi connectivity index (χ2v) is 6.32. The van der Waals surface area contributed by atoms with E-state index in [-0.39, 0.29) is 5.92 Å². The van der Waals surface area contributed by atoms with E-state index >= 15 is 0 Å². The molecule has 23 heavy (non-hydrogen) atoms. The number of nitrogens with one attached hydrogen (secondary N) is 1. The molecule has 124 valence electrons. The van der Waals surface area contributed by atoms with Crippen LogP contribution in [0.3, 0.4) is 0 Å². The lowest BCUT2D eigenvalue weighted by Crippen LogP contribution is -2.29. The van der Waals surface area contributed by atoms with E-state index in [2.05, 4.69) is 23.4 Å². The first-order valence-corrected chi connectivity index (χ1v) is 8.01. The zero-order valence-electron chi connectivity index (χ0n) is 14.0. The number of rotatable bonds is 8. The van der Waals surface area contributed by atoms with E-state index in [1.807, 2.05) is 42.8 Å². The Labute approximate surface area is 137 Å². The minimum absolute atomic E-state index is 0.357. The maximum atomic E-state index is 11.3. The summed E-state index contributed by atoms with van der Waals surface area (Å²) >= 11 is 0. The van der Waals surface area contributed by atoms with Gasteiger partial charge in [0.15, 0.2) is 0 Å². The zero-order valence-corrected chi connectivity index (χ0v) is 14.0. The highest BCUT2D eigenvalue weighted by atomic mass is 16.4. The fourth-order valence-electron chi connectivity index (χ4n) is 2.70. The number of hydrogen-bond acceptors (Lipinski definition) is 3.